The molecule has 2 N–H and O–H groups in total. The van der Waals surface area contributed by atoms with Gasteiger partial charge in [0.05, 0.1) is 11.2 Å². The lowest BCUT2D eigenvalue weighted by atomic mass is 10.2. The summed E-state index contributed by atoms with van der Waals surface area (Å²) in [4.78, 5) is 14.7. The Morgan fingerprint density at radius 1 is 1.29 bits per heavy atom. The van der Waals surface area contributed by atoms with Crippen LogP contribution in [0.4, 0.5) is 5.69 Å². The summed E-state index contributed by atoms with van der Waals surface area (Å²) in [6.07, 6.45) is 2.20. The van der Waals surface area contributed by atoms with E-state index < -0.39 is 0 Å². The van der Waals surface area contributed by atoms with Crippen molar-refractivity contribution < 1.29 is 4.79 Å². The van der Waals surface area contributed by atoms with E-state index in [0.29, 0.717) is 12.1 Å². The standard InChI is InChI=1S/C10H9N3O/c11-13(7-14)10-5-6-12-9-4-2-1-3-8(9)10/h1-7H,11H2. The van der Waals surface area contributed by atoms with Crippen LogP contribution in [0.2, 0.25) is 0 Å². The molecule has 2 rings (SSSR count). The number of carbonyl (C=O) groups excluding carboxylic acids is 1. The van der Waals surface area contributed by atoms with Gasteiger partial charge in [0.1, 0.15) is 0 Å². The largest absolute Gasteiger partial charge is 0.277 e. The van der Waals surface area contributed by atoms with E-state index in [1.54, 1.807) is 12.3 Å². The van der Waals surface area contributed by atoms with Gasteiger partial charge in [-0.2, -0.15) is 0 Å². The molecule has 0 saturated carbocycles. The van der Waals surface area contributed by atoms with Gasteiger partial charge in [0.25, 0.3) is 0 Å². The molecule has 70 valence electrons. The molecule has 4 nitrogen and oxygen atoms in total. The summed E-state index contributed by atoms with van der Waals surface area (Å²) in [7, 11) is 0. The second kappa shape index (κ2) is 3.43. The van der Waals surface area contributed by atoms with Crippen LogP contribution < -0.4 is 10.9 Å². The van der Waals surface area contributed by atoms with Gasteiger partial charge in [-0.05, 0) is 12.1 Å². The van der Waals surface area contributed by atoms with Gasteiger partial charge in [0.2, 0.25) is 6.41 Å². The molecule has 0 spiro atoms. The minimum atomic E-state index is 0.571. The van der Waals surface area contributed by atoms with Gasteiger partial charge >= 0.3 is 0 Å². The highest BCUT2D eigenvalue weighted by Gasteiger charge is 2.04. The number of nitrogens with zero attached hydrogens (tertiary/aromatic N) is 2. The highest BCUT2D eigenvalue weighted by molar-refractivity contribution is 5.95. The van der Waals surface area contributed by atoms with E-state index in [0.717, 1.165) is 15.9 Å². The lowest BCUT2D eigenvalue weighted by Gasteiger charge is -2.12. The van der Waals surface area contributed by atoms with Crippen LogP contribution in [0.3, 0.4) is 0 Å². The molecule has 1 heterocycles. The molecular formula is C10H9N3O. The number of para-hydroxylation sites is 1. The number of nitrogens with two attached hydrogens (primary N) is 1. The first-order chi connectivity index (χ1) is 6.83. The third-order valence-corrected chi connectivity index (χ3v) is 2.02. The molecule has 0 unspecified atom stereocenters. The first kappa shape index (κ1) is 8.65. The topological polar surface area (TPSA) is 59.2 Å². The molecule has 0 aliphatic carbocycles. The summed E-state index contributed by atoms with van der Waals surface area (Å²) in [5.41, 5.74) is 1.48. The monoisotopic (exact) mass is 187 g/mol. The molecule has 0 bridgehead atoms. The lowest BCUT2D eigenvalue weighted by molar-refractivity contribution is -0.107. The van der Waals surface area contributed by atoms with E-state index in [9.17, 15) is 4.79 Å². The normalized spacial score (nSPS) is 10.1. The molecule has 4 heteroatoms. The summed E-state index contributed by atoms with van der Waals surface area (Å²) in [5, 5.41) is 1.91. The van der Waals surface area contributed by atoms with Crippen LogP contribution in [0.15, 0.2) is 36.5 Å². The number of hydrogen-bond acceptors (Lipinski definition) is 3. The van der Waals surface area contributed by atoms with Crippen molar-refractivity contribution in [3.05, 3.63) is 36.5 Å². The maximum absolute atomic E-state index is 10.5. The number of anilines is 1. The van der Waals surface area contributed by atoms with Crippen LogP contribution in [0.25, 0.3) is 10.9 Å². The number of carbonyl (C=O) groups is 1. The van der Waals surface area contributed by atoms with Crippen molar-refractivity contribution >= 4 is 23.0 Å². The fourth-order valence-corrected chi connectivity index (χ4v) is 1.36. The average Bonchev–Trinajstić information content (AvgIpc) is 2.27. The molecule has 1 aromatic heterocycles. The Kier molecular flexibility index (Phi) is 2.12. The number of rotatable bonds is 2. The van der Waals surface area contributed by atoms with Crippen molar-refractivity contribution in [2.75, 3.05) is 5.01 Å². The van der Waals surface area contributed by atoms with Crippen LogP contribution in [-0.2, 0) is 4.79 Å². The van der Waals surface area contributed by atoms with Crippen molar-refractivity contribution in [2.45, 2.75) is 0 Å². The second-order valence-electron chi connectivity index (χ2n) is 2.86. The van der Waals surface area contributed by atoms with Crippen molar-refractivity contribution in [1.82, 2.24) is 4.98 Å². The number of pyridine rings is 1. The smallest absolute Gasteiger partial charge is 0.228 e. The van der Waals surface area contributed by atoms with Crippen LogP contribution in [0.1, 0.15) is 0 Å². The fourth-order valence-electron chi connectivity index (χ4n) is 1.36. The number of aromatic nitrogens is 1. The molecule has 1 aromatic carbocycles. The van der Waals surface area contributed by atoms with E-state index >= 15 is 0 Å². The second-order valence-corrected chi connectivity index (χ2v) is 2.86. The predicted octanol–water partition coefficient (Wildman–Crippen LogP) is 1.07. The zero-order valence-corrected chi connectivity index (χ0v) is 7.42. The molecule has 2 aromatic rings. The lowest BCUT2D eigenvalue weighted by Crippen LogP contribution is -2.28. The van der Waals surface area contributed by atoms with Gasteiger partial charge in [-0.1, -0.05) is 18.2 Å². The average molecular weight is 187 g/mol. The molecule has 0 fully saturated rings. The molecule has 0 atom stereocenters. The molecule has 0 radical (unpaired) electrons. The Morgan fingerprint density at radius 2 is 2.07 bits per heavy atom. The van der Waals surface area contributed by atoms with E-state index in [2.05, 4.69) is 4.98 Å². The summed E-state index contributed by atoms with van der Waals surface area (Å²) < 4.78 is 0. The highest BCUT2D eigenvalue weighted by Crippen LogP contribution is 2.21. The van der Waals surface area contributed by atoms with Crippen LogP contribution in [-0.4, -0.2) is 11.4 Å². The number of hydrazine groups is 1. The Morgan fingerprint density at radius 3 is 2.86 bits per heavy atom. The maximum atomic E-state index is 10.5. The summed E-state index contributed by atoms with van der Waals surface area (Å²) in [6, 6.07) is 9.22. The van der Waals surface area contributed by atoms with Crippen LogP contribution in [0.5, 0.6) is 0 Å². The minimum absolute atomic E-state index is 0.571. The third kappa shape index (κ3) is 1.31. The van der Waals surface area contributed by atoms with E-state index in [1.165, 1.54) is 0 Å². The summed E-state index contributed by atoms with van der Waals surface area (Å²) in [5.74, 6) is 5.50. The number of fused-ring (bicyclic) bond motifs is 1. The zero-order chi connectivity index (χ0) is 9.97. The SMILES string of the molecule is NN(C=O)c1ccnc2ccccc12. The summed E-state index contributed by atoms with van der Waals surface area (Å²) >= 11 is 0. The van der Waals surface area contributed by atoms with Gasteiger partial charge < -0.3 is 0 Å². The van der Waals surface area contributed by atoms with Crippen LogP contribution >= 0.6 is 0 Å². The number of hydrogen-bond donors (Lipinski definition) is 1. The molecular weight excluding hydrogens is 178 g/mol. The minimum Gasteiger partial charge on any atom is -0.277 e. The Bertz CT molecular complexity index is 464. The Labute approximate surface area is 80.9 Å². The Balaban J connectivity index is 2.70. The Hall–Kier alpha value is -1.94. The van der Waals surface area contributed by atoms with Gasteiger partial charge in [0.15, 0.2) is 0 Å². The maximum Gasteiger partial charge on any atom is 0.228 e. The van der Waals surface area contributed by atoms with E-state index in [1.807, 2.05) is 24.3 Å². The van der Waals surface area contributed by atoms with Crippen molar-refractivity contribution in [2.24, 2.45) is 5.84 Å². The van der Waals surface area contributed by atoms with Gasteiger partial charge in [-0.15, -0.1) is 0 Å². The van der Waals surface area contributed by atoms with E-state index in [-0.39, 0.29) is 0 Å². The quantitative estimate of drug-likeness (QED) is 0.331. The van der Waals surface area contributed by atoms with Gasteiger partial charge in [0, 0.05) is 11.6 Å². The first-order valence-electron chi connectivity index (χ1n) is 4.16. The van der Waals surface area contributed by atoms with Gasteiger partial charge in [-0.25, -0.2) is 5.84 Å². The van der Waals surface area contributed by atoms with Crippen molar-refractivity contribution in [3.63, 3.8) is 0 Å². The number of benzene rings is 1. The molecule has 1 amide bonds. The fraction of sp³-hybridized carbons (Fsp3) is 0. The molecule has 14 heavy (non-hydrogen) atoms. The summed E-state index contributed by atoms with van der Waals surface area (Å²) in [6.45, 7) is 0. The highest BCUT2D eigenvalue weighted by atomic mass is 16.1. The molecule has 0 saturated heterocycles. The van der Waals surface area contributed by atoms with Crippen LogP contribution in [0, 0.1) is 0 Å². The number of amides is 1. The van der Waals surface area contributed by atoms with Crippen molar-refractivity contribution in [1.29, 1.82) is 0 Å². The van der Waals surface area contributed by atoms with E-state index in [4.69, 9.17) is 5.84 Å². The first-order valence-corrected chi connectivity index (χ1v) is 4.16. The molecule has 0 aliphatic rings. The molecule has 0 aliphatic heterocycles. The third-order valence-electron chi connectivity index (χ3n) is 2.02. The predicted molar refractivity (Wildman–Crippen MR) is 54.5 cm³/mol. The van der Waals surface area contributed by atoms with Crippen molar-refractivity contribution in [3.8, 4) is 0 Å². The zero-order valence-electron chi connectivity index (χ0n) is 7.42. The van der Waals surface area contributed by atoms with Gasteiger partial charge in [-0.3, -0.25) is 14.8 Å².